The van der Waals surface area contributed by atoms with Gasteiger partial charge in [0.25, 0.3) is 0 Å². The van der Waals surface area contributed by atoms with E-state index >= 15 is 0 Å². The van der Waals surface area contributed by atoms with Crippen molar-refractivity contribution < 1.29 is 4.42 Å². The molecule has 3 heteroatoms. The van der Waals surface area contributed by atoms with Gasteiger partial charge in [-0.05, 0) is 95.1 Å². The standard InChI is InChI=1S/C48H30N2O/c1-3-13-33(14-4-1)49-41-20-10-7-17-36(41)39-30-32(23-26-43(39)49)47-35(31-24-28-46-40(29-31)37-18-9-12-22-45(37)51-46)25-27-44-48(47)38-19-8-11-21-42(38)50(44)34-15-5-2-6-16-34/h1-30H. The van der Waals surface area contributed by atoms with Crippen LogP contribution in [0.15, 0.2) is 186 Å². The predicted molar refractivity (Wildman–Crippen MR) is 213 cm³/mol. The molecule has 0 saturated heterocycles. The zero-order valence-corrected chi connectivity index (χ0v) is 27.6. The summed E-state index contributed by atoms with van der Waals surface area (Å²) in [6.45, 7) is 0. The topological polar surface area (TPSA) is 23.0 Å². The van der Waals surface area contributed by atoms with E-state index in [9.17, 15) is 0 Å². The third-order valence-corrected chi connectivity index (χ3v) is 10.5. The van der Waals surface area contributed by atoms with Gasteiger partial charge in [0, 0.05) is 43.7 Å². The third-order valence-electron chi connectivity index (χ3n) is 10.5. The number of furan rings is 1. The van der Waals surface area contributed by atoms with Crippen LogP contribution in [0.1, 0.15) is 0 Å². The monoisotopic (exact) mass is 650 g/mol. The third kappa shape index (κ3) is 4.12. The molecule has 238 valence electrons. The molecule has 8 aromatic carbocycles. The quantitative estimate of drug-likeness (QED) is 0.186. The molecule has 0 bridgehead atoms. The van der Waals surface area contributed by atoms with Crippen molar-refractivity contribution in [2.24, 2.45) is 0 Å². The van der Waals surface area contributed by atoms with E-state index in [1.165, 1.54) is 60.3 Å². The Kier molecular flexibility index (Phi) is 5.96. The summed E-state index contributed by atoms with van der Waals surface area (Å²) in [5, 5.41) is 7.21. The van der Waals surface area contributed by atoms with Crippen molar-refractivity contribution in [2.75, 3.05) is 0 Å². The lowest BCUT2D eigenvalue weighted by Crippen LogP contribution is -1.94. The minimum absolute atomic E-state index is 0.901. The number of para-hydroxylation sites is 5. The lowest BCUT2D eigenvalue weighted by molar-refractivity contribution is 0.669. The van der Waals surface area contributed by atoms with E-state index < -0.39 is 0 Å². The fourth-order valence-electron chi connectivity index (χ4n) is 8.33. The summed E-state index contributed by atoms with van der Waals surface area (Å²) < 4.78 is 11.1. The van der Waals surface area contributed by atoms with Crippen molar-refractivity contribution in [3.05, 3.63) is 182 Å². The second kappa shape index (κ2) is 10.8. The molecule has 51 heavy (non-hydrogen) atoms. The van der Waals surface area contributed by atoms with E-state index in [-0.39, 0.29) is 0 Å². The maximum absolute atomic E-state index is 6.26. The molecule has 0 saturated carbocycles. The molecule has 0 unspecified atom stereocenters. The van der Waals surface area contributed by atoms with Gasteiger partial charge >= 0.3 is 0 Å². The average molecular weight is 651 g/mol. The molecule has 0 radical (unpaired) electrons. The van der Waals surface area contributed by atoms with Crippen molar-refractivity contribution in [3.63, 3.8) is 0 Å². The first kappa shape index (κ1) is 28.0. The molecule has 11 aromatic rings. The number of hydrogen-bond acceptors (Lipinski definition) is 1. The first-order valence-electron chi connectivity index (χ1n) is 17.4. The molecule has 0 aliphatic rings. The van der Waals surface area contributed by atoms with Gasteiger partial charge in [-0.1, -0.05) is 109 Å². The van der Waals surface area contributed by atoms with Crippen LogP contribution < -0.4 is 0 Å². The van der Waals surface area contributed by atoms with Gasteiger partial charge in [0.1, 0.15) is 11.2 Å². The smallest absolute Gasteiger partial charge is 0.135 e. The van der Waals surface area contributed by atoms with Crippen molar-refractivity contribution in [2.45, 2.75) is 0 Å². The van der Waals surface area contributed by atoms with E-state index in [1.54, 1.807) is 0 Å². The van der Waals surface area contributed by atoms with Gasteiger partial charge in [-0.2, -0.15) is 0 Å². The Morgan fingerprint density at radius 3 is 1.63 bits per heavy atom. The molecule has 0 spiro atoms. The normalized spacial score (nSPS) is 11.9. The van der Waals surface area contributed by atoms with Crippen LogP contribution in [0.3, 0.4) is 0 Å². The first-order chi connectivity index (χ1) is 25.3. The summed E-state index contributed by atoms with van der Waals surface area (Å²) in [6.07, 6.45) is 0. The second-order valence-electron chi connectivity index (χ2n) is 13.3. The molecule has 0 fully saturated rings. The maximum atomic E-state index is 6.26. The number of aromatic nitrogens is 2. The van der Waals surface area contributed by atoms with Crippen molar-refractivity contribution >= 4 is 65.6 Å². The van der Waals surface area contributed by atoms with E-state index in [1.807, 2.05) is 12.1 Å². The van der Waals surface area contributed by atoms with Crippen LogP contribution in [-0.4, -0.2) is 9.13 Å². The number of nitrogens with zero attached hydrogens (tertiary/aromatic N) is 2. The maximum Gasteiger partial charge on any atom is 0.135 e. The van der Waals surface area contributed by atoms with Crippen LogP contribution in [0.4, 0.5) is 0 Å². The Bertz CT molecular complexity index is 3130. The molecular weight excluding hydrogens is 621 g/mol. The Hall–Kier alpha value is -6.84. The van der Waals surface area contributed by atoms with Gasteiger partial charge < -0.3 is 13.6 Å². The molecule has 0 aliphatic carbocycles. The van der Waals surface area contributed by atoms with E-state index in [2.05, 4.69) is 179 Å². The molecule has 0 N–H and O–H groups in total. The van der Waals surface area contributed by atoms with Crippen LogP contribution in [0.25, 0.3) is 99.2 Å². The number of benzene rings is 8. The molecule has 11 rings (SSSR count). The highest BCUT2D eigenvalue weighted by Gasteiger charge is 2.22. The van der Waals surface area contributed by atoms with Crippen LogP contribution in [0.2, 0.25) is 0 Å². The number of hydrogen-bond donors (Lipinski definition) is 0. The Morgan fingerprint density at radius 1 is 0.333 bits per heavy atom. The van der Waals surface area contributed by atoms with Gasteiger partial charge in [0.2, 0.25) is 0 Å². The highest BCUT2D eigenvalue weighted by Crippen LogP contribution is 2.46. The van der Waals surface area contributed by atoms with Crippen molar-refractivity contribution in [1.29, 1.82) is 0 Å². The van der Waals surface area contributed by atoms with E-state index in [0.717, 1.165) is 38.9 Å². The predicted octanol–water partition coefficient (Wildman–Crippen LogP) is 13.1. The van der Waals surface area contributed by atoms with Crippen LogP contribution in [0.5, 0.6) is 0 Å². The van der Waals surface area contributed by atoms with Crippen molar-refractivity contribution in [3.8, 4) is 33.6 Å². The molecular formula is C48H30N2O. The minimum atomic E-state index is 0.901. The summed E-state index contributed by atoms with van der Waals surface area (Å²) in [5.41, 5.74) is 13.6. The van der Waals surface area contributed by atoms with Crippen LogP contribution in [0, 0.1) is 0 Å². The molecule has 3 aromatic heterocycles. The summed E-state index contributed by atoms with van der Waals surface area (Å²) in [4.78, 5) is 0. The summed E-state index contributed by atoms with van der Waals surface area (Å²) in [7, 11) is 0. The first-order valence-corrected chi connectivity index (χ1v) is 17.4. The van der Waals surface area contributed by atoms with Gasteiger partial charge in [0.05, 0.1) is 22.1 Å². The number of fused-ring (bicyclic) bond motifs is 9. The zero-order valence-electron chi connectivity index (χ0n) is 27.6. The van der Waals surface area contributed by atoms with Gasteiger partial charge in [-0.25, -0.2) is 0 Å². The second-order valence-corrected chi connectivity index (χ2v) is 13.3. The highest BCUT2D eigenvalue weighted by molar-refractivity contribution is 6.20. The fourth-order valence-corrected chi connectivity index (χ4v) is 8.33. The molecule has 3 nitrogen and oxygen atoms in total. The molecule has 0 amide bonds. The van der Waals surface area contributed by atoms with E-state index in [0.29, 0.717) is 0 Å². The molecule has 0 atom stereocenters. The van der Waals surface area contributed by atoms with Crippen LogP contribution in [-0.2, 0) is 0 Å². The Labute approximate surface area is 293 Å². The molecule has 3 heterocycles. The van der Waals surface area contributed by atoms with Crippen molar-refractivity contribution in [1.82, 2.24) is 9.13 Å². The highest BCUT2D eigenvalue weighted by atomic mass is 16.3. The van der Waals surface area contributed by atoms with Gasteiger partial charge in [-0.3, -0.25) is 0 Å². The summed E-state index contributed by atoms with van der Waals surface area (Å²) in [6, 6.07) is 65.6. The summed E-state index contributed by atoms with van der Waals surface area (Å²) >= 11 is 0. The minimum Gasteiger partial charge on any atom is -0.456 e. The Balaban J connectivity index is 1.27. The molecule has 0 aliphatic heterocycles. The SMILES string of the molecule is c1ccc(-n2c3ccccc3c3cc(-c4c(-c5ccc6oc7ccccc7c6c5)ccc5c4c4ccccc4n5-c4ccccc4)ccc32)cc1. The van der Waals surface area contributed by atoms with Gasteiger partial charge in [0.15, 0.2) is 0 Å². The largest absolute Gasteiger partial charge is 0.456 e. The van der Waals surface area contributed by atoms with E-state index in [4.69, 9.17) is 4.42 Å². The van der Waals surface area contributed by atoms with Gasteiger partial charge in [-0.15, -0.1) is 0 Å². The lowest BCUT2D eigenvalue weighted by Gasteiger charge is -2.15. The fraction of sp³-hybridized carbons (Fsp3) is 0. The van der Waals surface area contributed by atoms with Crippen LogP contribution >= 0.6 is 0 Å². The average Bonchev–Trinajstić information content (AvgIpc) is 3.85. The number of rotatable bonds is 4. The zero-order chi connectivity index (χ0) is 33.5. The lowest BCUT2D eigenvalue weighted by atomic mass is 9.89. The Morgan fingerprint density at radius 2 is 0.863 bits per heavy atom. The summed E-state index contributed by atoms with van der Waals surface area (Å²) in [5.74, 6) is 0.